The van der Waals surface area contributed by atoms with E-state index in [9.17, 15) is 9.90 Å². The number of anilines is 1. The number of carbonyl (C=O) groups is 1. The first-order valence-corrected chi connectivity index (χ1v) is 9.16. The summed E-state index contributed by atoms with van der Waals surface area (Å²) in [4.78, 5) is 20.0. The predicted octanol–water partition coefficient (Wildman–Crippen LogP) is 2.97. The second-order valence-electron chi connectivity index (χ2n) is 7.08. The van der Waals surface area contributed by atoms with Crippen molar-refractivity contribution in [1.29, 1.82) is 0 Å². The van der Waals surface area contributed by atoms with Crippen LogP contribution in [-0.4, -0.2) is 41.7 Å². The second kappa shape index (κ2) is 7.83. The molecule has 3 rings (SSSR count). The first-order valence-electron chi connectivity index (χ1n) is 9.16. The zero-order chi connectivity index (χ0) is 17.8. The molecule has 1 unspecified atom stereocenters. The molecule has 1 amide bonds. The minimum absolute atomic E-state index is 0.0459. The van der Waals surface area contributed by atoms with Crippen molar-refractivity contribution in [2.75, 3.05) is 24.6 Å². The normalized spacial score (nSPS) is 15.8. The molecule has 25 heavy (non-hydrogen) atoms. The molecule has 1 aromatic heterocycles. The Bertz CT molecular complexity index is 739. The molecule has 0 saturated carbocycles. The zero-order valence-corrected chi connectivity index (χ0v) is 15.0. The molecule has 2 aromatic rings. The van der Waals surface area contributed by atoms with E-state index in [1.165, 1.54) is 0 Å². The lowest BCUT2D eigenvalue weighted by Gasteiger charge is -2.24. The predicted molar refractivity (Wildman–Crippen MR) is 101 cm³/mol. The number of carbonyl (C=O) groups excluding carboxylic acids is 1. The second-order valence-corrected chi connectivity index (χ2v) is 7.08. The van der Waals surface area contributed by atoms with Crippen LogP contribution in [0.2, 0.25) is 0 Å². The molecule has 5 nitrogen and oxygen atoms in total. The Kier molecular flexibility index (Phi) is 5.53. The average Bonchev–Trinajstić information content (AvgIpc) is 3.14. The Morgan fingerprint density at radius 3 is 2.68 bits per heavy atom. The van der Waals surface area contributed by atoms with E-state index in [0.717, 1.165) is 42.7 Å². The summed E-state index contributed by atoms with van der Waals surface area (Å²) in [5.74, 6) is 0.937. The molecule has 0 bridgehead atoms. The number of aromatic nitrogens is 1. The summed E-state index contributed by atoms with van der Waals surface area (Å²) in [6, 6.07) is 9.81. The summed E-state index contributed by atoms with van der Waals surface area (Å²) in [7, 11) is 0. The van der Waals surface area contributed by atoms with E-state index in [0.29, 0.717) is 12.0 Å². The highest BCUT2D eigenvalue weighted by molar-refractivity contribution is 6.02. The largest absolute Gasteiger partial charge is 0.396 e. The monoisotopic (exact) mass is 341 g/mol. The minimum atomic E-state index is -0.104. The molecule has 2 N–H and O–H groups in total. The minimum Gasteiger partial charge on any atom is -0.396 e. The van der Waals surface area contributed by atoms with Gasteiger partial charge in [-0.1, -0.05) is 32.0 Å². The molecule has 1 saturated heterocycles. The maximum absolute atomic E-state index is 13.0. The highest BCUT2D eigenvalue weighted by Gasteiger charge is 2.24. The number of aliphatic hydroxyl groups is 1. The third-order valence-corrected chi connectivity index (χ3v) is 4.92. The smallest absolute Gasteiger partial charge is 0.255 e. The number of aliphatic hydroxyl groups excluding tert-OH is 1. The van der Waals surface area contributed by atoms with E-state index < -0.39 is 0 Å². The molecule has 2 heterocycles. The lowest BCUT2D eigenvalue weighted by atomic mass is 10.0. The highest BCUT2D eigenvalue weighted by atomic mass is 16.3. The number of benzene rings is 1. The van der Waals surface area contributed by atoms with Crippen molar-refractivity contribution in [3.63, 3.8) is 0 Å². The van der Waals surface area contributed by atoms with Gasteiger partial charge >= 0.3 is 0 Å². The molecule has 0 spiro atoms. The molecule has 1 atom stereocenters. The van der Waals surface area contributed by atoms with Crippen LogP contribution in [0.5, 0.6) is 0 Å². The number of hydrogen-bond donors (Lipinski definition) is 2. The van der Waals surface area contributed by atoms with Crippen molar-refractivity contribution in [2.45, 2.75) is 39.2 Å². The van der Waals surface area contributed by atoms with E-state index in [4.69, 9.17) is 4.98 Å². The maximum atomic E-state index is 13.0. The Morgan fingerprint density at radius 2 is 2.00 bits per heavy atom. The van der Waals surface area contributed by atoms with Gasteiger partial charge in [-0.15, -0.1) is 0 Å². The molecule has 1 fully saturated rings. The Balaban J connectivity index is 1.97. The average molecular weight is 341 g/mol. The van der Waals surface area contributed by atoms with Crippen molar-refractivity contribution in [3.05, 3.63) is 35.9 Å². The molecule has 5 heteroatoms. The van der Waals surface area contributed by atoms with Crippen LogP contribution in [0.4, 0.5) is 5.82 Å². The molecule has 0 aliphatic carbocycles. The van der Waals surface area contributed by atoms with Crippen molar-refractivity contribution in [3.8, 4) is 0 Å². The SMILES string of the molecule is CC(C)C(CCO)NC(=O)c1cc2ccccc2nc1N1CCCC1. The fraction of sp³-hybridized carbons (Fsp3) is 0.500. The number of nitrogens with one attached hydrogen (secondary N) is 1. The third kappa shape index (κ3) is 3.93. The fourth-order valence-corrected chi connectivity index (χ4v) is 3.40. The lowest BCUT2D eigenvalue weighted by Crippen LogP contribution is -2.40. The van der Waals surface area contributed by atoms with Crippen LogP contribution in [0.3, 0.4) is 0 Å². The Hall–Kier alpha value is -2.14. The highest BCUT2D eigenvalue weighted by Crippen LogP contribution is 2.27. The van der Waals surface area contributed by atoms with Crippen molar-refractivity contribution >= 4 is 22.6 Å². The number of nitrogens with zero attached hydrogens (tertiary/aromatic N) is 2. The van der Waals surface area contributed by atoms with Crippen LogP contribution in [-0.2, 0) is 0 Å². The molecular weight excluding hydrogens is 314 g/mol. The van der Waals surface area contributed by atoms with Crippen molar-refractivity contribution in [2.24, 2.45) is 5.92 Å². The van der Waals surface area contributed by atoms with Gasteiger partial charge in [0.2, 0.25) is 0 Å². The summed E-state index contributed by atoms with van der Waals surface area (Å²) in [6.07, 6.45) is 2.83. The van der Waals surface area contributed by atoms with Gasteiger partial charge in [0.1, 0.15) is 5.82 Å². The van der Waals surface area contributed by atoms with Crippen LogP contribution in [0.25, 0.3) is 10.9 Å². The third-order valence-electron chi connectivity index (χ3n) is 4.92. The Labute approximate surface area is 149 Å². The summed E-state index contributed by atoms with van der Waals surface area (Å²) in [6.45, 7) is 6.06. The van der Waals surface area contributed by atoms with Crippen molar-refractivity contribution < 1.29 is 9.90 Å². The quantitative estimate of drug-likeness (QED) is 0.848. The number of para-hydroxylation sites is 1. The maximum Gasteiger partial charge on any atom is 0.255 e. The van der Waals surface area contributed by atoms with E-state index in [1.54, 1.807) is 0 Å². The van der Waals surface area contributed by atoms with Crippen LogP contribution in [0.1, 0.15) is 43.5 Å². The Morgan fingerprint density at radius 1 is 1.28 bits per heavy atom. The fourth-order valence-electron chi connectivity index (χ4n) is 3.40. The van der Waals surface area contributed by atoms with E-state index in [-0.39, 0.29) is 24.5 Å². The first kappa shape index (κ1) is 17.7. The summed E-state index contributed by atoms with van der Waals surface area (Å²) < 4.78 is 0. The van der Waals surface area contributed by atoms with E-state index >= 15 is 0 Å². The molecule has 1 aliphatic rings. The van der Waals surface area contributed by atoms with E-state index in [1.807, 2.05) is 30.3 Å². The van der Waals surface area contributed by atoms with Gasteiger partial charge in [0.25, 0.3) is 5.91 Å². The van der Waals surface area contributed by atoms with Gasteiger partial charge in [0.15, 0.2) is 0 Å². The van der Waals surface area contributed by atoms with Gasteiger partial charge in [-0.3, -0.25) is 4.79 Å². The van der Waals surface area contributed by atoms with Gasteiger partial charge < -0.3 is 15.3 Å². The molecule has 1 aromatic carbocycles. The van der Waals surface area contributed by atoms with Crippen LogP contribution >= 0.6 is 0 Å². The van der Waals surface area contributed by atoms with Gasteiger partial charge in [0, 0.05) is 31.1 Å². The van der Waals surface area contributed by atoms with Crippen LogP contribution < -0.4 is 10.2 Å². The summed E-state index contributed by atoms with van der Waals surface area (Å²) >= 11 is 0. The van der Waals surface area contributed by atoms with Gasteiger partial charge in [-0.2, -0.15) is 0 Å². The summed E-state index contributed by atoms with van der Waals surface area (Å²) in [5.41, 5.74) is 1.54. The van der Waals surface area contributed by atoms with Crippen LogP contribution in [0.15, 0.2) is 30.3 Å². The molecular formula is C20H27N3O2. The topological polar surface area (TPSA) is 65.5 Å². The van der Waals surface area contributed by atoms with Crippen LogP contribution in [0, 0.1) is 5.92 Å². The summed E-state index contributed by atoms with van der Waals surface area (Å²) in [5, 5.41) is 13.3. The first-order chi connectivity index (χ1) is 12.1. The molecule has 1 aliphatic heterocycles. The standard InChI is InChI=1S/C20H27N3O2/c1-14(2)17(9-12-24)22-20(25)16-13-15-7-3-4-8-18(15)21-19(16)23-10-5-6-11-23/h3-4,7-8,13-14,17,24H,5-6,9-12H2,1-2H3,(H,22,25). The van der Waals surface area contributed by atoms with Gasteiger partial charge in [-0.25, -0.2) is 4.98 Å². The number of pyridine rings is 1. The van der Waals surface area contributed by atoms with E-state index in [2.05, 4.69) is 24.1 Å². The molecule has 134 valence electrons. The zero-order valence-electron chi connectivity index (χ0n) is 15.0. The van der Waals surface area contributed by atoms with Crippen molar-refractivity contribution in [1.82, 2.24) is 10.3 Å². The van der Waals surface area contributed by atoms with Gasteiger partial charge in [-0.05, 0) is 37.3 Å². The lowest BCUT2D eigenvalue weighted by molar-refractivity contribution is 0.0917. The number of fused-ring (bicyclic) bond motifs is 1. The molecule has 0 radical (unpaired) electrons. The number of hydrogen-bond acceptors (Lipinski definition) is 4. The number of rotatable bonds is 6. The van der Waals surface area contributed by atoms with Gasteiger partial charge in [0.05, 0.1) is 11.1 Å². The number of amides is 1.